The number of hydrogen-bond acceptors (Lipinski definition) is 3. The van der Waals surface area contributed by atoms with Gasteiger partial charge in [-0.3, -0.25) is 4.79 Å². The molecule has 1 unspecified atom stereocenters. The highest BCUT2D eigenvalue weighted by Crippen LogP contribution is 2.03. The highest BCUT2D eigenvalue weighted by molar-refractivity contribution is 6.03. The SMILES string of the molecule is CCC1NC(=O)N(N)C1=O. The van der Waals surface area contributed by atoms with E-state index in [1.54, 1.807) is 0 Å². The summed E-state index contributed by atoms with van der Waals surface area (Å²) in [5.74, 6) is 4.71. The molecule has 3 N–H and O–H groups in total. The summed E-state index contributed by atoms with van der Waals surface area (Å²) in [4.78, 5) is 21.5. The quantitative estimate of drug-likeness (QED) is 0.286. The summed E-state index contributed by atoms with van der Waals surface area (Å²) in [6.45, 7) is 1.81. The van der Waals surface area contributed by atoms with Crippen molar-refractivity contribution in [1.82, 2.24) is 10.3 Å². The first-order valence-corrected chi connectivity index (χ1v) is 3.06. The number of rotatable bonds is 1. The molecule has 1 atom stereocenters. The zero-order valence-electron chi connectivity index (χ0n) is 5.63. The summed E-state index contributed by atoms with van der Waals surface area (Å²) in [5, 5.41) is 3.02. The fourth-order valence-electron chi connectivity index (χ4n) is 0.825. The molecule has 0 spiro atoms. The van der Waals surface area contributed by atoms with Crippen LogP contribution in [0, 0.1) is 0 Å². The molecule has 1 rings (SSSR count). The maximum absolute atomic E-state index is 10.9. The van der Waals surface area contributed by atoms with Gasteiger partial charge in [0.1, 0.15) is 6.04 Å². The van der Waals surface area contributed by atoms with Crippen LogP contribution in [-0.4, -0.2) is 23.0 Å². The van der Waals surface area contributed by atoms with Crippen LogP contribution in [0.5, 0.6) is 0 Å². The lowest BCUT2D eigenvalue weighted by Gasteiger charge is -2.02. The van der Waals surface area contributed by atoms with Gasteiger partial charge in [0.25, 0.3) is 5.91 Å². The molecular formula is C5H9N3O2. The predicted molar refractivity (Wildman–Crippen MR) is 33.6 cm³/mol. The Balaban J connectivity index is 2.71. The van der Waals surface area contributed by atoms with E-state index >= 15 is 0 Å². The molecule has 3 amide bonds. The van der Waals surface area contributed by atoms with E-state index in [0.29, 0.717) is 11.4 Å². The van der Waals surface area contributed by atoms with Crippen LogP contribution < -0.4 is 11.2 Å². The number of imide groups is 1. The zero-order chi connectivity index (χ0) is 7.72. The molecule has 1 heterocycles. The Morgan fingerprint density at radius 3 is 2.50 bits per heavy atom. The number of carbonyl (C=O) groups excluding carboxylic acids is 2. The third-order valence-corrected chi connectivity index (χ3v) is 1.46. The van der Waals surface area contributed by atoms with Crippen LogP contribution in [0.3, 0.4) is 0 Å². The number of hydrazine groups is 1. The smallest absolute Gasteiger partial charge is 0.325 e. The average molecular weight is 143 g/mol. The second kappa shape index (κ2) is 2.26. The number of nitrogens with two attached hydrogens (primary N) is 1. The molecule has 1 aliphatic heterocycles. The normalized spacial score (nSPS) is 25.4. The van der Waals surface area contributed by atoms with E-state index in [9.17, 15) is 9.59 Å². The van der Waals surface area contributed by atoms with Gasteiger partial charge in [0.15, 0.2) is 0 Å². The van der Waals surface area contributed by atoms with Gasteiger partial charge in [0.2, 0.25) is 0 Å². The lowest BCUT2D eigenvalue weighted by atomic mass is 10.2. The molecule has 0 bridgehead atoms. The Labute approximate surface area is 58.1 Å². The number of carbonyl (C=O) groups is 2. The first kappa shape index (κ1) is 7.01. The Morgan fingerprint density at radius 2 is 2.30 bits per heavy atom. The van der Waals surface area contributed by atoms with Gasteiger partial charge in [-0.15, -0.1) is 0 Å². The fourth-order valence-corrected chi connectivity index (χ4v) is 0.825. The second-order valence-corrected chi connectivity index (χ2v) is 2.12. The Morgan fingerprint density at radius 1 is 1.70 bits per heavy atom. The van der Waals surface area contributed by atoms with E-state index < -0.39 is 12.1 Å². The molecule has 5 heteroatoms. The second-order valence-electron chi connectivity index (χ2n) is 2.12. The number of nitrogens with one attached hydrogen (secondary N) is 1. The average Bonchev–Trinajstić information content (AvgIpc) is 2.17. The van der Waals surface area contributed by atoms with Gasteiger partial charge in [0, 0.05) is 0 Å². The van der Waals surface area contributed by atoms with E-state index in [0.717, 1.165) is 0 Å². The van der Waals surface area contributed by atoms with Crippen LogP contribution in [0.15, 0.2) is 0 Å². The molecule has 56 valence electrons. The molecule has 0 radical (unpaired) electrons. The van der Waals surface area contributed by atoms with Crippen molar-refractivity contribution in [1.29, 1.82) is 0 Å². The van der Waals surface area contributed by atoms with Crippen LogP contribution in [0.25, 0.3) is 0 Å². The third-order valence-electron chi connectivity index (χ3n) is 1.46. The van der Waals surface area contributed by atoms with E-state index in [-0.39, 0.29) is 5.91 Å². The van der Waals surface area contributed by atoms with Crippen molar-refractivity contribution in [2.45, 2.75) is 19.4 Å². The Hall–Kier alpha value is -1.10. The minimum Gasteiger partial charge on any atom is -0.325 e. The van der Waals surface area contributed by atoms with Crippen LogP contribution in [0.4, 0.5) is 4.79 Å². The lowest BCUT2D eigenvalue weighted by Crippen LogP contribution is -2.37. The third kappa shape index (κ3) is 0.841. The standard InChI is InChI=1S/C5H9N3O2/c1-2-3-4(9)8(6)5(10)7-3/h3H,2,6H2,1H3,(H,7,10). The first-order chi connectivity index (χ1) is 4.66. The topological polar surface area (TPSA) is 75.4 Å². The highest BCUT2D eigenvalue weighted by atomic mass is 16.2. The van der Waals surface area contributed by atoms with Gasteiger partial charge in [0.05, 0.1) is 0 Å². The van der Waals surface area contributed by atoms with Gasteiger partial charge in [-0.1, -0.05) is 6.92 Å². The minimum atomic E-state index is -0.517. The molecule has 1 aliphatic rings. The summed E-state index contributed by atoms with van der Waals surface area (Å²) in [6.07, 6.45) is 0.582. The van der Waals surface area contributed by atoms with Gasteiger partial charge in [-0.2, -0.15) is 5.01 Å². The summed E-state index contributed by atoms with van der Waals surface area (Å²) in [5.41, 5.74) is 0. The van der Waals surface area contributed by atoms with E-state index in [1.807, 2.05) is 6.92 Å². The van der Waals surface area contributed by atoms with Gasteiger partial charge < -0.3 is 5.32 Å². The summed E-state index contributed by atoms with van der Waals surface area (Å²) >= 11 is 0. The van der Waals surface area contributed by atoms with Crippen molar-refractivity contribution in [3.8, 4) is 0 Å². The maximum atomic E-state index is 10.9. The molecule has 0 saturated carbocycles. The summed E-state index contributed by atoms with van der Waals surface area (Å²) < 4.78 is 0. The molecular weight excluding hydrogens is 134 g/mol. The minimum absolute atomic E-state index is 0.354. The monoisotopic (exact) mass is 143 g/mol. The van der Waals surface area contributed by atoms with Gasteiger partial charge >= 0.3 is 6.03 Å². The fraction of sp³-hybridized carbons (Fsp3) is 0.600. The van der Waals surface area contributed by atoms with Gasteiger partial charge in [-0.25, -0.2) is 10.6 Å². The van der Waals surface area contributed by atoms with Crippen molar-refractivity contribution in [3.05, 3.63) is 0 Å². The van der Waals surface area contributed by atoms with Gasteiger partial charge in [-0.05, 0) is 6.42 Å². The number of urea groups is 1. The van der Waals surface area contributed by atoms with Crippen LogP contribution >= 0.6 is 0 Å². The van der Waals surface area contributed by atoms with Crippen LogP contribution in [-0.2, 0) is 4.79 Å². The highest BCUT2D eigenvalue weighted by Gasteiger charge is 2.34. The zero-order valence-corrected chi connectivity index (χ0v) is 5.63. The van der Waals surface area contributed by atoms with E-state index in [1.165, 1.54) is 0 Å². The van der Waals surface area contributed by atoms with Crippen molar-refractivity contribution < 1.29 is 9.59 Å². The molecule has 0 aromatic rings. The van der Waals surface area contributed by atoms with E-state index in [2.05, 4.69) is 5.32 Å². The number of amides is 3. The molecule has 10 heavy (non-hydrogen) atoms. The molecule has 0 aromatic heterocycles. The van der Waals surface area contributed by atoms with Crippen molar-refractivity contribution in [3.63, 3.8) is 0 Å². The molecule has 1 fully saturated rings. The van der Waals surface area contributed by atoms with Crippen molar-refractivity contribution >= 4 is 11.9 Å². The lowest BCUT2D eigenvalue weighted by molar-refractivity contribution is -0.127. The van der Waals surface area contributed by atoms with Crippen molar-refractivity contribution in [2.24, 2.45) is 5.84 Å². The number of hydrogen-bond donors (Lipinski definition) is 2. The predicted octanol–water partition coefficient (Wildman–Crippen LogP) is -0.810. The van der Waals surface area contributed by atoms with E-state index in [4.69, 9.17) is 5.84 Å². The first-order valence-electron chi connectivity index (χ1n) is 3.06. The molecule has 0 aliphatic carbocycles. The summed E-state index contributed by atoms with van der Waals surface area (Å²) in [7, 11) is 0. The molecule has 1 saturated heterocycles. The number of nitrogens with zero attached hydrogens (tertiary/aromatic N) is 1. The van der Waals surface area contributed by atoms with Crippen LogP contribution in [0.2, 0.25) is 0 Å². The largest absolute Gasteiger partial charge is 0.339 e. The molecule has 0 aromatic carbocycles. The Kier molecular flexibility index (Phi) is 1.58. The van der Waals surface area contributed by atoms with Crippen LogP contribution in [0.1, 0.15) is 13.3 Å². The Bertz CT molecular complexity index is 180. The summed E-state index contributed by atoms with van der Waals surface area (Å²) in [6, 6.07) is -0.936. The van der Waals surface area contributed by atoms with Crippen molar-refractivity contribution in [2.75, 3.05) is 0 Å². The molecule has 5 nitrogen and oxygen atoms in total. The maximum Gasteiger partial charge on any atom is 0.339 e.